The van der Waals surface area contributed by atoms with Crippen LogP contribution in [0, 0.1) is 0 Å². The molecule has 1 aliphatic heterocycles. The summed E-state index contributed by atoms with van der Waals surface area (Å²) in [6, 6.07) is 0.0631. The Morgan fingerprint density at radius 1 is 1.67 bits per heavy atom. The van der Waals surface area contributed by atoms with Crippen LogP contribution >= 0.6 is 11.8 Å². The average Bonchev–Trinajstić information content (AvgIpc) is 2.82. The molecule has 1 aromatic heterocycles. The predicted octanol–water partition coefficient (Wildman–Crippen LogP) is 0.646. The Morgan fingerprint density at radius 3 is 3.17 bits per heavy atom. The number of carbonyl (C=O) groups excluding carboxylic acids is 1. The van der Waals surface area contributed by atoms with E-state index in [0.29, 0.717) is 6.42 Å². The van der Waals surface area contributed by atoms with Gasteiger partial charge < -0.3 is 14.8 Å². The summed E-state index contributed by atoms with van der Waals surface area (Å²) in [5, 5.41) is 3.34. The second-order valence-electron chi connectivity index (χ2n) is 4.45. The van der Waals surface area contributed by atoms with Crippen molar-refractivity contribution in [2.24, 2.45) is 7.05 Å². The van der Waals surface area contributed by atoms with E-state index >= 15 is 0 Å². The molecular weight excluding hydrogens is 248 g/mol. The van der Waals surface area contributed by atoms with E-state index in [0.717, 1.165) is 31.2 Å². The van der Waals surface area contributed by atoms with Crippen LogP contribution in [0.3, 0.4) is 0 Å². The van der Waals surface area contributed by atoms with Gasteiger partial charge in [-0.3, -0.25) is 4.79 Å². The highest BCUT2D eigenvalue weighted by Crippen LogP contribution is 2.21. The van der Waals surface area contributed by atoms with Crippen molar-refractivity contribution in [2.75, 3.05) is 31.6 Å². The number of hydrogen-bond acceptors (Lipinski definition) is 4. The van der Waals surface area contributed by atoms with Gasteiger partial charge in [0.25, 0.3) is 0 Å². The number of thioether (sulfide) groups is 1. The Hall–Kier alpha value is -1.01. The molecular formula is C12H20N4OS. The zero-order chi connectivity index (χ0) is 13.0. The molecule has 1 aliphatic rings. The lowest BCUT2D eigenvalue weighted by Crippen LogP contribution is -2.49. The van der Waals surface area contributed by atoms with E-state index in [1.54, 1.807) is 18.0 Å². The first kappa shape index (κ1) is 13.4. The van der Waals surface area contributed by atoms with Crippen molar-refractivity contribution >= 4 is 17.7 Å². The van der Waals surface area contributed by atoms with Crippen LogP contribution in [0.1, 0.15) is 18.3 Å². The largest absolute Gasteiger partial charge is 0.336 e. The number of nitrogens with one attached hydrogen (secondary N) is 1. The highest BCUT2D eigenvalue weighted by molar-refractivity contribution is 7.98. The van der Waals surface area contributed by atoms with Crippen molar-refractivity contribution in [3.05, 3.63) is 18.2 Å². The molecule has 1 amide bonds. The second-order valence-corrected chi connectivity index (χ2v) is 5.43. The molecule has 1 aromatic rings. The third-order valence-corrected chi connectivity index (χ3v) is 3.85. The van der Waals surface area contributed by atoms with E-state index < -0.39 is 0 Å². The minimum Gasteiger partial charge on any atom is -0.336 e. The minimum atomic E-state index is 0.0631. The van der Waals surface area contributed by atoms with E-state index in [4.69, 9.17) is 0 Å². The van der Waals surface area contributed by atoms with E-state index in [2.05, 4.69) is 10.3 Å². The Labute approximate surface area is 112 Å². The third kappa shape index (κ3) is 2.87. The monoisotopic (exact) mass is 268 g/mol. The molecule has 1 atom stereocenters. The average molecular weight is 268 g/mol. The summed E-state index contributed by atoms with van der Waals surface area (Å²) in [6.45, 7) is 2.42. The molecule has 0 aliphatic carbocycles. The highest BCUT2D eigenvalue weighted by Gasteiger charge is 2.29. The molecule has 1 fully saturated rings. The van der Waals surface area contributed by atoms with Crippen LogP contribution < -0.4 is 5.32 Å². The van der Waals surface area contributed by atoms with Crippen molar-refractivity contribution < 1.29 is 4.79 Å². The van der Waals surface area contributed by atoms with Gasteiger partial charge in [-0.15, -0.1) is 0 Å². The lowest BCUT2D eigenvalue weighted by atomic mass is 10.1. The predicted molar refractivity (Wildman–Crippen MR) is 73.5 cm³/mol. The zero-order valence-corrected chi connectivity index (χ0v) is 11.7. The summed E-state index contributed by atoms with van der Waals surface area (Å²) < 4.78 is 1.99. The minimum absolute atomic E-state index is 0.0631. The molecule has 0 aromatic carbocycles. The quantitative estimate of drug-likeness (QED) is 0.871. The van der Waals surface area contributed by atoms with Crippen LogP contribution in [0.2, 0.25) is 0 Å². The molecule has 0 radical (unpaired) electrons. The Kier molecular flexibility index (Phi) is 4.66. The van der Waals surface area contributed by atoms with Gasteiger partial charge in [-0.1, -0.05) is 0 Å². The highest BCUT2D eigenvalue weighted by atomic mass is 32.2. The number of carbonyl (C=O) groups is 1. The van der Waals surface area contributed by atoms with E-state index in [-0.39, 0.29) is 11.9 Å². The Bertz CT molecular complexity index is 407. The van der Waals surface area contributed by atoms with Gasteiger partial charge in [0.1, 0.15) is 11.9 Å². The summed E-state index contributed by atoms with van der Waals surface area (Å²) in [5.74, 6) is 2.08. The molecule has 2 heterocycles. The molecule has 2 rings (SSSR count). The molecule has 0 bridgehead atoms. The first-order valence-electron chi connectivity index (χ1n) is 6.20. The lowest BCUT2D eigenvalue weighted by molar-refractivity contribution is -0.134. The first-order chi connectivity index (χ1) is 8.74. The second kappa shape index (κ2) is 6.24. The number of imidazole rings is 1. The number of aromatic nitrogens is 2. The molecule has 1 saturated heterocycles. The van der Waals surface area contributed by atoms with Crippen molar-refractivity contribution in [1.82, 2.24) is 19.8 Å². The smallest absolute Gasteiger partial charge is 0.224 e. The fourth-order valence-electron chi connectivity index (χ4n) is 2.26. The number of hydrogen-bond donors (Lipinski definition) is 1. The van der Waals surface area contributed by atoms with Gasteiger partial charge in [0.15, 0.2) is 0 Å². The molecule has 1 unspecified atom stereocenters. The molecule has 18 heavy (non-hydrogen) atoms. The SMILES string of the molecule is CSCCC(=O)N1CCNCC1c1nccn1C. The number of nitrogens with zero attached hydrogens (tertiary/aromatic N) is 3. The number of piperazine rings is 1. The van der Waals surface area contributed by atoms with Crippen molar-refractivity contribution in [3.8, 4) is 0 Å². The molecule has 5 nitrogen and oxygen atoms in total. The van der Waals surface area contributed by atoms with Crippen LogP contribution in [-0.4, -0.2) is 52.0 Å². The lowest BCUT2D eigenvalue weighted by Gasteiger charge is -2.35. The number of amides is 1. The number of aryl methyl sites for hydroxylation is 1. The van der Waals surface area contributed by atoms with Crippen molar-refractivity contribution in [2.45, 2.75) is 12.5 Å². The van der Waals surface area contributed by atoms with Crippen LogP contribution in [-0.2, 0) is 11.8 Å². The summed E-state index contributed by atoms with van der Waals surface area (Å²) in [7, 11) is 1.97. The van der Waals surface area contributed by atoms with Gasteiger partial charge in [-0.05, 0) is 6.26 Å². The van der Waals surface area contributed by atoms with Gasteiger partial charge in [-0.2, -0.15) is 11.8 Å². The van der Waals surface area contributed by atoms with Crippen LogP contribution in [0.25, 0.3) is 0 Å². The van der Waals surface area contributed by atoms with E-state index in [9.17, 15) is 4.79 Å². The standard InChI is InChI=1S/C12H20N4OS/c1-15-6-5-14-12(15)10-9-13-4-7-16(10)11(17)3-8-18-2/h5-6,10,13H,3-4,7-9H2,1-2H3. The molecule has 6 heteroatoms. The summed E-state index contributed by atoms with van der Waals surface area (Å²) >= 11 is 1.71. The van der Waals surface area contributed by atoms with Crippen LogP contribution in [0.4, 0.5) is 0 Å². The van der Waals surface area contributed by atoms with Gasteiger partial charge >= 0.3 is 0 Å². The summed E-state index contributed by atoms with van der Waals surface area (Å²) in [6.07, 6.45) is 6.35. The fraction of sp³-hybridized carbons (Fsp3) is 0.667. The summed E-state index contributed by atoms with van der Waals surface area (Å²) in [4.78, 5) is 18.6. The zero-order valence-electron chi connectivity index (χ0n) is 10.9. The van der Waals surface area contributed by atoms with Crippen molar-refractivity contribution in [1.29, 1.82) is 0 Å². The fourth-order valence-corrected chi connectivity index (χ4v) is 2.64. The molecule has 100 valence electrons. The molecule has 0 saturated carbocycles. The molecule has 1 N–H and O–H groups in total. The van der Waals surface area contributed by atoms with Gasteiger partial charge in [0.2, 0.25) is 5.91 Å². The van der Waals surface area contributed by atoms with Crippen LogP contribution in [0.5, 0.6) is 0 Å². The Balaban J connectivity index is 2.11. The van der Waals surface area contributed by atoms with Crippen molar-refractivity contribution in [3.63, 3.8) is 0 Å². The first-order valence-corrected chi connectivity index (χ1v) is 7.59. The summed E-state index contributed by atoms with van der Waals surface area (Å²) in [5.41, 5.74) is 0. The maximum atomic E-state index is 12.2. The van der Waals surface area contributed by atoms with E-state index in [1.165, 1.54) is 0 Å². The normalized spacial score (nSPS) is 20.1. The van der Waals surface area contributed by atoms with Crippen LogP contribution in [0.15, 0.2) is 12.4 Å². The number of rotatable bonds is 4. The van der Waals surface area contributed by atoms with Gasteiger partial charge in [0, 0.05) is 51.2 Å². The van der Waals surface area contributed by atoms with Gasteiger partial charge in [0.05, 0.1) is 0 Å². The Morgan fingerprint density at radius 2 is 2.50 bits per heavy atom. The van der Waals surface area contributed by atoms with Gasteiger partial charge in [-0.25, -0.2) is 4.98 Å². The van der Waals surface area contributed by atoms with E-state index in [1.807, 2.05) is 29.0 Å². The third-order valence-electron chi connectivity index (χ3n) is 3.24. The molecule has 0 spiro atoms. The maximum absolute atomic E-state index is 12.2. The maximum Gasteiger partial charge on any atom is 0.224 e. The topological polar surface area (TPSA) is 50.2 Å².